The molecule has 0 atom stereocenters. The standard InChI is InChI=1S/C21H21N5O4S/c1-14(27)25-16-6-4-15(5-7-16)21(30)23-9-8-22-19(28)12-26-13-24-17(11-20(26)29)18-3-2-10-31-18/h2-7,10-11,13H,8-9,12H2,1H3,(H,22,28)(H,23,30)(H,25,27). The van der Waals surface area contributed by atoms with Crippen molar-refractivity contribution in [1.82, 2.24) is 20.2 Å². The van der Waals surface area contributed by atoms with Gasteiger partial charge in [0.1, 0.15) is 6.54 Å². The first-order chi connectivity index (χ1) is 14.9. The molecule has 3 aromatic rings. The Labute approximate surface area is 182 Å². The average molecular weight is 439 g/mol. The van der Waals surface area contributed by atoms with Gasteiger partial charge in [-0.1, -0.05) is 6.07 Å². The van der Waals surface area contributed by atoms with E-state index in [1.54, 1.807) is 24.3 Å². The molecule has 2 aromatic heterocycles. The molecule has 0 aliphatic rings. The van der Waals surface area contributed by atoms with E-state index in [4.69, 9.17) is 0 Å². The minimum Gasteiger partial charge on any atom is -0.353 e. The molecule has 0 saturated heterocycles. The molecule has 1 aromatic carbocycles. The number of rotatable bonds is 8. The molecule has 10 heteroatoms. The number of nitrogens with one attached hydrogen (secondary N) is 3. The van der Waals surface area contributed by atoms with Crippen LogP contribution in [-0.2, 0) is 16.1 Å². The Bertz CT molecular complexity index is 1120. The number of amides is 3. The Balaban J connectivity index is 1.42. The van der Waals surface area contributed by atoms with Crippen molar-refractivity contribution in [1.29, 1.82) is 0 Å². The van der Waals surface area contributed by atoms with Gasteiger partial charge in [-0.05, 0) is 35.7 Å². The first-order valence-corrected chi connectivity index (χ1v) is 10.3. The minimum absolute atomic E-state index is 0.158. The fourth-order valence-corrected chi connectivity index (χ4v) is 3.40. The predicted octanol–water partition coefficient (Wildman–Crippen LogP) is 1.48. The summed E-state index contributed by atoms with van der Waals surface area (Å²) in [6.45, 7) is 1.68. The number of carbonyl (C=O) groups excluding carboxylic acids is 3. The second kappa shape index (κ2) is 10.3. The maximum atomic E-state index is 12.2. The Morgan fingerprint density at radius 1 is 1.06 bits per heavy atom. The van der Waals surface area contributed by atoms with Crippen LogP contribution in [0.15, 0.2) is 59.0 Å². The molecule has 0 saturated carbocycles. The van der Waals surface area contributed by atoms with E-state index >= 15 is 0 Å². The lowest BCUT2D eigenvalue weighted by Gasteiger charge is -2.09. The van der Waals surface area contributed by atoms with Crippen LogP contribution in [0.25, 0.3) is 10.6 Å². The number of benzene rings is 1. The summed E-state index contributed by atoms with van der Waals surface area (Å²) < 4.78 is 1.22. The molecule has 3 amide bonds. The molecule has 0 unspecified atom stereocenters. The largest absolute Gasteiger partial charge is 0.353 e. The number of thiophene rings is 1. The molecular weight excluding hydrogens is 418 g/mol. The van der Waals surface area contributed by atoms with Gasteiger partial charge in [-0.3, -0.25) is 23.7 Å². The van der Waals surface area contributed by atoms with Crippen molar-refractivity contribution in [3.63, 3.8) is 0 Å². The van der Waals surface area contributed by atoms with E-state index in [1.807, 2.05) is 17.5 Å². The predicted molar refractivity (Wildman–Crippen MR) is 118 cm³/mol. The Kier molecular flexibility index (Phi) is 7.28. The highest BCUT2D eigenvalue weighted by atomic mass is 32.1. The van der Waals surface area contributed by atoms with E-state index in [0.29, 0.717) is 16.9 Å². The van der Waals surface area contributed by atoms with E-state index in [-0.39, 0.29) is 42.9 Å². The summed E-state index contributed by atoms with van der Waals surface area (Å²) in [6, 6.07) is 11.6. The highest BCUT2D eigenvalue weighted by Crippen LogP contribution is 2.20. The first-order valence-electron chi connectivity index (χ1n) is 9.45. The van der Waals surface area contributed by atoms with Crippen molar-refractivity contribution in [2.45, 2.75) is 13.5 Å². The van der Waals surface area contributed by atoms with E-state index in [1.165, 1.54) is 35.2 Å². The number of hydrogen-bond acceptors (Lipinski definition) is 6. The Morgan fingerprint density at radius 2 is 1.81 bits per heavy atom. The molecule has 9 nitrogen and oxygen atoms in total. The summed E-state index contributed by atoms with van der Waals surface area (Å²) in [6.07, 6.45) is 1.35. The lowest BCUT2D eigenvalue weighted by atomic mass is 10.2. The second-order valence-electron chi connectivity index (χ2n) is 6.58. The smallest absolute Gasteiger partial charge is 0.254 e. The summed E-state index contributed by atoms with van der Waals surface area (Å²) in [5.41, 5.74) is 1.29. The molecular formula is C21H21N5O4S. The van der Waals surface area contributed by atoms with Crippen molar-refractivity contribution in [3.05, 3.63) is 70.1 Å². The Hall–Kier alpha value is -3.79. The third-order valence-electron chi connectivity index (χ3n) is 4.17. The van der Waals surface area contributed by atoms with Gasteiger partial charge in [0.25, 0.3) is 11.5 Å². The van der Waals surface area contributed by atoms with Gasteiger partial charge in [-0.2, -0.15) is 0 Å². The van der Waals surface area contributed by atoms with Crippen molar-refractivity contribution in [2.75, 3.05) is 18.4 Å². The van der Waals surface area contributed by atoms with Gasteiger partial charge in [0.05, 0.1) is 16.9 Å². The number of aromatic nitrogens is 2. The lowest BCUT2D eigenvalue weighted by Crippen LogP contribution is -2.37. The van der Waals surface area contributed by atoms with Crippen LogP contribution in [0.2, 0.25) is 0 Å². The fraction of sp³-hybridized carbons (Fsp3) is 0.190. The normalized spacial score (nSPS) is 10.4. The van der Waals surface area contributed by atoms with Crippen molar-refractivity contribution < 1.29 is 14.4 Å². The van der Waals surface area contributed by atoms with Crippen LogP contribution in [0.1, 0.15) is 17.3 Å². The average Bonchev–Trinajstić information content (AvgIpc) is 3.27. The van der Waals surface area contributed by atoms with E-state index in [9.17, 15) is 19.2 Å². The van der Waals surface area contributed by atoms with Gasteiger partial charge in [0.15, 0.2) is 0 Å². The minimum atomic E-state index is -0.360. The lowest BCUT2D eigenvalue weighted by molar-refractivity contribution is -0.121. The molecule has 2 heterocycles. The van der Waals surface area contributed by atoms with Crippen LogP contribution >= 0.6 is 11.3 Å². The van der Waals surface area contributed by atoms with Crippen LogP contribution in [-0.4, -0.2) is 40.4 Å². The molecule has 0 radical (unpaired) electrons. The third kappa shape index (κ3) is 6.34. The molecule has 0 bridgehead atoms. The topological polar surface area (TPSA) is 122 Å². The van der Waals surface area contributed by atoms with Gasteiger partial charge >= 0.3 is 0 Å². The number of carbonyl (C=O) groups is 3. The summed E-state index contributed by atoms with van der Waals surface area (Å²) in [5, 5.41) is 9.87. The fourth-order valence-electron chi connectivity index (χ4n) is 2.70. The molecule has 31 heavy (non-hydrogen) atoms. The highest BCUT2D eigenvalue weighted by Gasteiger charge is 2.09. The second-order valence-corrected chi connectivity index (χ2v) is 7.53. The zero-order valence-corrected chi connectivity index (χ0v) is 17.6. The van der Waals surface area contributed by atoms with E-state index < -0.39 is 0 Å². The number of anilines is 1. The zero-order valence-electron chi connectivity index (χ0n) is 16.8. The third-order valence-corrected chi connectivity index (χ3v) is 5.06. The quantitative estimate of drug-likeness (QED) is 0.459. The molecule has 3 rings (SSSR count). The molecule has 0 aliphatic carbocycles. The summed E-state index contributed by atoms with van der Waals surface area (Å²) in [5.74, 6) is -0.848. The van der Waals surface area contributed by atoms with Crippen molar-refractivity contribution in [2.24, 2.45) is 0 Å². The monoisotopic (exact) mass is 439 g/mol. The van der Waals surface area contributed by atoms with Gasteiger partial charge in [-0.25, -0.2) is 4.98 Å². The van der Waals surface area contributed by atoms with E-state index in [2.05, 4.69) is 20.9 Å². The van der Waals surface area contributed by atoms with Crippen LogP contribution in [0.5, 0.6) is 0 Å². The van der Waals surface area contributed by atoms with Crippen LogP contribution < -0.4 is 21.5 Å². The van der Waals surface area contributed by atoms with Gasteiger partial charge in [-0.15, -0.1) is 11.3 Å². The molecule has 160 valence electrons. The van der Waals surface area contributed by atoms with Crippen LogP contribution in [0.3, 0.4) is 0 Å². The maximum absolute atomic E-state index is 12.2. The van der Waals surface area contributed by atoms with Crippen LogP contribution in [0.4, 0.5) is 5.69 Å². The van der Waals surface area contributed by atoms with E-state index in [0.717, 1.165) is 4.88 Å². The Morgan fingerprint density at radius 3 is 2.45 bits per heavy atom. The molecule has 0 fully saturated rings. The van der Waals surface area contributed by atoms with Gasteiger partial charge in [0, 0.05) is 37.3 Å². The molecule has 0 spiro atoms. The van der Waals surface area contributed by atoms with Crippen molar-refractivity contribution >= 4 is 34.7 Å². The zero-order chi connectivity index (χ0) is 22.2. The highest BCUT2D eigenvalue weighted by molar-refractivity contribution is 7.13. The summed E-state index contributed by atoms with van der Waals surface area (Å²) in [4.78, 5) is 52.5. The number of hydrogen-bond donors (Lipinski definition) is 3. The van der Waals surface area contributed by atoms with Gasteiger partial charge < -0.3 is 16.0 Å². The SMILES string of the molecule is CC(=O)Nc1ccc(C(=O)NCCNC(=O)Cn2cnc(-c3cccs3)cc2=O)cc1. The van der Waals surface area contributed by atoms with Gasteiger partial charge in [0.2, 0.25) is 11.8 Å². The first kappa shape index (κ1) is 21.9. The maximum Gasteiger partial charge on any atom is 0.254 e. The summed E-state index contributed by atoms with van der Waals surface area (Å²) in [7, 11) is 0. The molecule has 3 N–H and O–H groups in total. The van der Waals surface area contributed by atoms with Crippen LogP contribution in [0, 0.1) is 0 Å². The molecule has 0 aliphatic heterocycles. The van der Waals surface area contributed by atoms with Crippen molar-refractivity contribution in [3.8, 4) is 10.6 Å². The number of nitrogens with zero attached hydrogens (tertiary/aromatic N) is 2. The summed E-state index contributed by atoms with van der Waals surface area (Å²) >= 11 is 1.48.